The number of hydrogen-bond acceptors (Lipinski definition) is 3. The lowest BCUT2D eigenvalue weighted by Crippen LogP contribution is -2.44. The molecule has 0 unspecified atom stereocenters. The van der Waals surface area contributed by atoms with E-state index < -0.39 is 0 Å². The molecule has 1 heterocycles. The van der Waals surface area contributed by atoms with E-state index in [2.05, 4.69) is 42.0 Å². The molecular weight excluding hydrogens is 248 g/mol. The molecule has 0 saturated carbocycles. The number of piperazine rings is 1. The summed E-state index contributed by atoms with van der Waals surface area (Å²) >= 11 is 0. The summed E-state index contributed by atoms with van der Waals surface area (Å²) in [5.41, 5.74) is 2.68. The predicted molar refractivity (Wildman–Crippen MR) is 84.6 cm³/mol. The van der Waals surface area contributed by atoms with Gasteiger partial charge in [0.25, 0.3) is 0 Å². The highest BCUT2D eigenvalue weighted by Crippen LogP contribution is 2.21. The zero-order valence-electron chi connectivity index (χ0n) is 13.2. The molecule has 112 valence electrons. The predicted octanol–water partition coefficient (Wildman–Crippen LogP) is 2.57. The van der Waals surface area contributed by atoms with Gasteiger partial charge in [-0.05, 0) is 51.9 Å². The van der Waals surface area contributed by atoms with Gasteiger partial charge in [-0.25, -0.2) is 0 Å². The molecule has 0 spiro atoms. The summed E-state index contributed by atoms with van der Waals surface area (Å²) in [6.45, 7) is 11.0. The molecule has 1 saturated heterocycles. The van der Waals surface area contributed by atoms with E-state index in [1.165, 1.54) is 50.3 Å². The van der Waals surface area contributed by atoms with E-state index in [-0.39, 0.29) is 0 Å². The van der Waals surface area contributed by atoms with Crippen molar-refractivity contribution in [3.63, 3.8) is 0 Å². The number of aryl methyl sites for hydroxylation is 2. The van der Waals surface area contributed by atoms with Crippen LogP contribution in [0.4, 0.5) is 0 Å². The van der Waals surface area contributed by atoms with Crippen molar-refractivity contribution >= 4 is 0 Å². The molecule has 1 fully saturated rings. The van der Waals surface area contributed by atoms with Gasteiger partial charge >= 0.3 is 0 Å². The topological polar surface area (TPSA) is 15.7 Å². The molecule has 0 bridgehead atoms. The van der Waals surface area contributed by atoms with Crippen molar-refractivity contribution in [2.75, 3.05) is 46.4 Å². The third-order valence-corrected chi connectivity index (χ3v) is 4.03. The maximum absolute atomic E-state index is 5.73. The van der Waals surface area contributed by atoms with Gasteiger partial charge in [0.05, 0.1) is 6.61 Å². The molecule has 0 aliphatic carbocycles. The molecule has 3 nitrogen and oxygen atoms in total. The van der Waals surface area contributed by atoms with Crippen LogP contribution in [0.25, 0.3) is 0 Å². The minimum absolute atomic E-state index is 0.745. The van der Waals surface area contributed by atoms with E-state index in [0.29, 0.717) is 0 Å². The highest BCUT2D eigenvalue weighted by Gasteiger charge is 2.13. The van der Waals surface area contributed by atoms with E-state index in [4.69, 9.17) is 4.74 Å². The molecule has 0 amide bonds. The zero-order valence-corrected chi connectivity index (χ0v) is 13.2. The van der Waals surface area contributed by atoms with Crippen LogP contribution in [0.5, 0.6) is 5.75 Å². The SMILES string of the molecule is CCOc1ccc(C)cc1CCCN1CCN(C)CC1. The summed E-state index contributed by atoms with van der Waals surface area (Å²) in [6.07, 6.45) is 2.33. The number of likely N-dealkylation sites (N-methyl/N-ethyl adjacent to an activating group) is 1. The Balaban J connectivity index is 1.82. The van der Waals surface area contributed by atoms with Crippen molar-refractivity contribution in [3.8, 4) is 5.75 Å². The second-order valence-electron chi connectivity index (χ2n) is 5.79. The number of benzene rings is 1. The van der Waals surface area contributed by atoms with Crippen LogP contribution < -0.4 is 4.74 Å². The van der Waals surface area contributed by atoms with Gasteiger partial charge in [-0.3, -0.25) is 0 Å². The average molecular weight is 276 g/mol. The van der Waals surface area contributed by atoms with Crippen molar-refractivity contribution < 1.29 is 4.74 Å². The Labute approximate surface area is 123 Å². The lowest BCUT2D eigenvalue weighted by molar-refractivity contribution is 0.153. The van der Waals surface area contributed by atoms with Crippen molar-refractivity contribution in [1.82, 2.24) is 9.80 Å². The van der Waals surface area contributed by atoms with Crippen LogP contribution >= 0.6 is 0 Å². The number of nitrogens with zero attached hydrogens (tertiary/aromatic N) is 2. The van der Waals surface area contributed by atoms with E-state index in [1.54, 1.807) is 0 Å². The Morgan fingerprint density at radius 2 is 1.90 bits per heavy atom. The quantitative estimate of drug-likeness (QED) is 0.794. The molecular formula is C17H28N2O. The summed E-state index contributed by atoms with van der Waals surface area (Å²) < 4.78 is 5.73. The van der Waals surface area contributed by atoms with Gasteiger partial charge < -0.3 is 14.5 Å². The summed E-state index contributed by atoms with van der Waals surface area (Å²) in [4.78, 5) is 4.99. The van der Waals surface area contributed by atoms with Crippen LogP contribution in [-0.4, -0.2) is 56.2 Å². The summed E-state index contributed by atoms with van der Waals surface area (Å²) in [5.74, 6) is 1.07. The maximum atomic E-state index is 5.73. The van der Waals surface area contributed by atoms with E-state index >= 15 is 0 Å². The molecule has 1 aliphatic rings. The number of hydrogen-bond donors (Lipinski definition) is 0. The van der Waals surface area contributed by atoms with Gasteiger partial charge in [-0.15, -0.1) is 0 Å². The minimum atomic E-state index is 0.745. The Morgan fingerprint density at radius 3 is 2.60 bits per heavy atom. The molecule has 1 aromatic rings. The molecule has 0 atom stereocenters. The first kappa shape index (κ1) is 15.3. The lowest BCUT2D eigenvalue weighted by atomic mass is 10.1. The third kappa shape index (κ3) is 4.50. The van der Waals surface area contributed by atoms with Crippen LogP contribution in [-0.2, 0) is 6.42 Å². The first-order chi connectivity index (χ1) is 9.69. The summed E-state index contributed by atoms with van der Waals surface area (Å²) in [6, 6.07) is 6.52. The molecule has 0 aromatic heterocycles. The average Bonchev–Trinajstić information content (AvgIpc) is 2.44. The van der Waals surface area contributed by atoms with Crippen LogP contribution in [0.15, 0.2) is 18.2 Å². The summed E-state index contributed by atoms with van der Waals surface area (Å²) in [7, 11) is 2.21. The van der Waals surface area contributed by atoms with Gasteiger partial charge in [0, 0.05) is 26.2 Å². The summed E-state index contributed by atoms with van der Waals surface area (Å²) in [5, 5.41) is 0. The molecule has 2 rings (SSSR count). The van der Waals surface area contributed by atoms with Gasteiger partial charge in [-0.2, -0.15) is 0 Å². The monoisotopic (exact) mass is 276 g/mol. The molecule has 1 aliphatic heterocycles. The standard InChI is InChI=1S/C17H28N2O/c1-4-20-17-8-7-15(2)14-16(17)6-5-9-19-12-10-18(3)11-13-19/h7-8,14H,4-6,9-13H2,1-3H3. The molecule has 0 radical (unpaired) electrons. The van der Waals surface area contributed by atoms with Crippen LogP contribution in [0.1, 0.15) is 24.5 Å². The number of rotatable bonds is 6. The fraction of sp³-hybridized carbons (Fsp3) is 0.647. The Bertz CT molecular complexity index is 411. The van der Waals surface area contributed by atoms with Gasteiger partial charge in [0.15, 0.2) is 0 Å². The molecule has 1 aromatic carbocycles. The van der Waals surface area contributed by atoms with Crippen molar-refractivity contribution in [1.29, 1.82) is 0 Å². The molecule has 20 heavy (non-hydrogen) atoms. The maximum Gasteiger partial charge on any atom is 0.122 e. The lowest BCUT2D eigenvalue weighted by Gasteiger charge is -2.32. The first-order valence-corrected chi connectivity index (χ1v) is 7.82. The van der Waals surface area contributed by atoms with E-state index in [1.807, 2.05) is 6.92 Å². The smallest absolute Gasteiger partial charge is 0.122 e. The Morgan fingerprint density at radius 1 is 1.15 bits per heavy atom. The van der Waals surface area contributed by atoms with E-state index in [9.17, 15) is 0 Å². The minimum Gasteiger partial charge on any atom is -0.494 e. The van der Waals surface area contributed by atoms with Crippen LogP contribution in [0.2, 0.25) is 0 Å². The molecule has 0 N–H and O–H groups in total. The second kappa shape index (κ2) is 7.65. The Kier molecular flexibility index (Phi) is 5.86. The van der Waals surface area contributed by atoms with Gasteiger partial charge in [-0.1, -0.05) is 17.7 Å². The fourth-order valence-electron chi connectivity index (χ4n) is 2.76. The van der Waals surface area contributed by atoms with Gasteiger partial charge in [0.2, 0.25) is 0 Å². The third-order valence-electron chi connectivity index (χ3n) is 4.03. The van der Waals surface area contributed by atoms with E-state index in [0.717, 1.165) is 18.8 Å². The first-order valence-electron chi connectivity index (χ1n) is 7.82. The second-order valence-corrected chi connectivity index (χ2v) is 5.79. The van der Waals surface area contributed by atoms with Crippen molar-refractivity contribution in [2.24, 2.45) is 0 Å². The normalized spacial score (nSPS) is 17.4. The number of ether oxygens (including phenoxy) is 1. The molecule has 3 heteroatoms. The van der Waals surface area contributed by atoms with Crippen LogP contribution in [0.3, 0.4) is 0 Å². The highest BCUT2D eigenvalue weighted by molar-refractivity contribution is 5.37. The van der Waals surface area contributed by atoms with Gasteiger partial charge in [0.1, 0.15) is 5.75 Å². The van der Waals surface area contributed by atoms with Crippen LogP contribution in [0, 0.1) is 6.92 Å². The highest BCUT2D eigenvalue weighted by atomic mass is 16.5. The van der Waals surface area contributed by atoms with Crippen molar-refractivity contribution in [3.05, 3.63) is 29.3 Å². The van der Waals surface area contributed by atoms with Crippen molar-refractivity contribution in [2.45, 2.75) is 26.7 Å². The fourth-order valence-corrected chi connectivity index (χ4v) is 2.76. The largest absolute Gasteiger partial charge is 0.494 e. The Hall–Kier alpha value is -1.06. The zero-order chi connectivity index (χ0) is 14.4.